The van der Waals surface area contributed by atoms with Gasteiger partial charge in [0, 0.05) is 12.3 Å². The summed E-state index contributed by atoms with van der Waals surface area (Å²) in [7, 11) is 0. The zero-order valence-electron chi connectivity index (χ0n) is 10.5. The molecule has 0 spiro atoms. The number of aliphatic hydroxyl groups excluding tert-OH is 2. The van der Waals surface area contributed by atoms with E-state index in [1.54, 1.807) is 16.9 Å². The quantitative estimate of drug-likeness (QED) is 0.551. The molecule has 0 saturated heterocycles. The molecule has 0 fully saturated rings. The van der Waals surface area contributed by atoms with E-state index in [9.17, 15) is 9.90 Å². The first kappa shape index (κ1) is 14.6. The van der Waals surface area contributed by atoms with E-state index in [2.05, 4.69) is 10.4 Å². The van der Waals surface area contributed by atoms with E-state index in [1.165, 1.54) is 0 Å². The van der Waals surface area contributed by atoms with E-state index < -0.39 is 11.7 Å². The number of anilines is 1. The third-order valence-corrected chi connectivity index (χ3v) is 2.27. The van der Waals surface area contributed by atoms with Gasteiger partial charge in [-0.3, -0.25) is 9.48 Å². The van der Waals surface area contributed by atoms with Crippen LogP contribution in [-0.4, -0.2) is 51.3 Å². The average Bonchev–Trinajstić information content (AvgIpc) is 2.73. The lowest BCUT2D eigenvalue weighted by Crippen LogP contribution is -2.34. The summed E-state index contributed by atoms with van der Waals surface area (Å²) in [6, 6.07) is 1.67. The van der Waals surface area contributed by atoms with Crippen LogP contribution in [0.1, 0.15) is 13.8 Å². The first-order valence-corrected chi connectivity index (χ1v) is 5.63. The van der Waals surface area contributed by atoms with E-state index in [0.717, 1.165) is 0 Å². The van der Waals surface area contributed by atoms with Crippen molar-refractivity contribution in [2.45, 2.75) is 32.1 Å². The predicted octanol–water partition coefficient (Wildman–Crippen LogP) is -0.400. The van der Waals surface area contributed by atoms with Crippen molar-refractivity contribution in [2.24, 2.45) is 0 Å². The largest absolute Gasteiger partial charge is 0.394 e. The van der Waals surface area contributed by atoms with Gasteiger partial charge in [-0.05, 0) is 13.8 Å². The molecular weight excluding hydrogens is 238 g/mol. The Labute approximate surface area is 105 Å². The van der Waals surface area contributed by atoms with Crippen LogP contribution in [0.5, 0.6) is 0 Å². The number of nitrogens with zero attached hydrogens (tertiary/aromatic N) is 2. The maximum absolute atomic E-state index is 10.2. The van der Waals surface area contributed by atoms with Crippen molar-refractivity contribution >= 4 is 12.2 Å². The molecule has 1 heterocycles. The maximum Gasteiger partial charge on any atom is 0.212 e. The van der Waals surface area contributed by atoms with E-state index in [1.807, 2.05) is 13.8 Å². The van der Waals surface area contributed by atoms with E-state index in [0.29, 0.717) is 18.8 Å². The van der Waals surface area contributed by atoms with Gasteiger partial charge in [0.05, 0.1) is 25.4 Å². The molecular formula is C11H19N3O4. The molecule has 0 radical (unpaired) electrons. The Bertz CT molecular complexity index is 378. The fourth-order valence-corrected chi connectivity index (χ4v) is 1.40. The molecule has 1 unspecified atom stereocenters. The molecule has 7 nitrogen and oxygen atoms in total. The van der Waals surface area contributed by atoms with Crippen molar-refractivity contribution in [1.29, 1.82) is 0 Å². The molecule has 1 amide bonds. The second-order valence-electron chi connectivity index (χ2n) is 4.57. The highest BCUT2D eigenvalue weighted by atomic mass is 16.5. The molecule has 7 heteroatoms. The minimum atomic E-state index is -0.880. The number of hydrogen-bond donors (Lipinski definition) is 3. The lowest BCUT2D eigenvalue weighted by Gasteiger charge is -2.26. The Kier molecular flexibility index (Phi) is 5.26. The molecule has 0 aliphatic heterocycles. The fourth-order valence-electron chi connectivity index (χ4n) is 1.40. The van der Waals surface area contributed by atoms with Gasteiger partial charge in [-0.2, -0.15) is 5.10 Å². The van der Waals surface area contributed by atoms with Crippen molar-refractivity contribution in [2.75, 3.05) is 18.5 Å². The van der Waals surface area contributed by atoms with Gasteiger partial charge in [0.25, 0.3) is 0 Å². The third-order valence-electron chi connectivity index (χ3n) is 2.27. The molecule has 1 aromatic heterocycles. The summed E-state index contributed by atoms with van der Waals surface area (Å²) < 4.78 is 7.13. The van der Waals surface area contributed by atoms with Gasteiger partial charge in [-0.25, -0.2) is 0 Å². The van der Waals surface area contributed by atoms with Crippen LogP contribution in [0.15, 0.2) is 12.3 Å². The molecule has 1 atom stereocenters. The molecule has 0 bridgehead atoms. The van der Waals surface area contributed by atoms with Crippen LogP contribution in [0, 0.1) is 0 Å². The number of amides is 1. The third kappa shape index (κ3) is 4.82. The summed E-state index contributed by atoms with van der Waals surface area (Å²) in [5.74, 6) is 0.469. The first-order valence-electron chi connectivity index (χ1n) is 5.63. The number of aromatic nitrogens is 2. The SMILES string of the molecule is CC(C)(Cn1ccc(NC=O)n1)OCC(O)CO. The predicted molar refractivity (Wildman–Crippen MR) is 65.0 cm³/mol. The number of ether oxygens (including phenoxy) is 1. The zero-order chi connectivity index (χ0) is 13.6. The average molecular weight is 257 g/mol. The summed E-state index contributed by atoms with van der Waals surface area (Å²) in [5.41, 5.74) is -0.541. The molecule has 18 heavy (non-hydrogen) atoms. The van der Waals surface area contributed by atoms with Crippen LogP contribution in [0.4, 0.5) is 5.82 Å². The number of hydrogen-bond acceptors (Lipinski definition) is 5. The summed E-state index contributed by atoms with van der Waals surface area (Å²) in [4.78, 5) is 10.2. The number of rotatable bonds is 8. The van der Waals surface area contributed by atoms with Gasteiger partial charge in [0.1, 0.15) is 6.10 Å². The van der Waals surface area contributed by atoms with Crippen LogP contribution in [0.25, 0.3) is 0 Å². The zero-order valence-corrected chi connectivity index (χ0v) is 10.5. The number of carbonyl (C=O) groups is 1. The molecule has 3 N–H and O–H groups in total. The Hall–Kier alpha value is -1.44. The second-order valence-corrected chi connectivity index (χ2v) is 4.57. The number of aliphatic hydroxyl groups is 2. The first-order chi connectivity index (χ1) is 8.46. The summed E-state index contributed by atoms with van der Waals surface area (Å²) in [5, 5.41) is 24.5. The van der Waals surface area contributed by atoms with Crippen molar-refractivity contribution < 1.29 is 19.7 Å². The Balaban J connectivity index is 2.49. The second kappa shape index (κ2) is 6.48. The molecule has 0 saturated carbocycles. The van der Waals surface area contributed by atoms with E-state index in [4.69, 9.17) is 9.84 Å². The monoisotopic (exact) mass is 257 g/mol. The van der Waals surface area contributed by atoms with E-state index in [-0.39, 0.29) is 13.2 Å². The van der Waals surface area contributed by atoms with E-state index >= 15 is 0 Å². The normalized spacial score (nSPS) is 13.3. The van der Waals surface area contributed by atoms with Crippen molar-refractivity contribution in [3.63, 3.8) is 0 Å². The lowest BCUT2D eigenvalue weighted by molar-refractivity contribution is -0.105. The fraction of sp³-hybridized carbons (Fsp3) is 0.636. The summed E-state index contributed by atoms with van der Waals surface area (Å²) in [6.45, 7) is 3.90. The molecule has 0 aliphatic carbocycles. The van der Waals surface area contributed by atoms with Crippen LogP contribution < -0.4 is 5.32 Å². The topological polar surface area (TPSA) is 96.6 Å². The highest BCUT2D eigenvalue weighted by Gasteiger charge is 2.21. The van der Waals surface area contributed by atoms with Crippen LogP contribution in [0.2, 0.25) is 0 Å². The summed E-state index contributed by atoms with van der Waals surface area (Å²) >= 11 is 0. The molecule has 1 aromatic rings. The van der Waals surface area contributed by atoms with Crippen molar-refractivity contribution in [3.8, 4) is 0 Å². The van der Waals surface area contributed by atoms with Gasteiger partial charge >= 0.3 is 0 Å². The van der Waals surface area contributed by atoms with Crippen molar-refractivity contribution in [3.05, 3.63) is 12.3 Å². The minimum absolute atomic E-state index is 0.0597. The Morgan fingerprint density at radius 2 is 2.39 bits per heavy atom. The minimum Gasteiger partial charge on any atom is -0.394 e. The maximum atomic E-state index is 10.2. The van der Waals surface area contributed by atoms with Gasteiger partial charge < -0.3 is 20.3 Å². The van der Waals surface area contributed by atoms with Gasteiger partial charge in [0.2, 0.25) is 6.41 Å². The van der Waals surface area contributed by atoms with Crippen LogP contribution >= 0.6 is 0 Å². The Morgan fingerprint density at radius 3 is 3.00 bits per heavy atom. The van der Waals surface area contributed by atoms with Gasteiger partial charge in [0.15, 0.2) is 5.82 Å². The lowest BCUT2D eigenvalue weighted by atomic mass is 10.1. The molecule has 1 rings (SSSR count). The molecule has 0 aliphatic rings. The van der Waals surface area contributed by atoms with Gasteiger partial charge in [-0.15, -0.1) is 0 Å². The number of carbonyl (C=O) groups excluding carboxylic acids is 1. The standard InChI is InChI=1S/C11H19N3O4/c1-11(2,18-6-9(17)5-15)7-14-4-3-10(13-14)12-8-16/h3-4,8-9,15,17H,5-7H2,1-2H3,(H,12,13,16). The van der Waals surface area contributed by atoms with Crippen molar-refractivity contribution in [1.82, 2.24) is 9.78 Å². The summed E-state index contributed by atoms with van der Waals surface area (Å²) in [6.07, 6.45) is 1.40. The number of nitrogens with one attached hydrogen (secondary N) is 1. The van der Waals surface area contributed by atoms with Crippen LogP contribution in [-0.2, 0) is 16.1 Å². The Morgan fingerprint density at radius 1 is 1.67 bits per heavy atom. The highest BCUT2D eigenvalue weighted by Crippen LogP contribution is 2.13. The smallest absolute Gasteiger partial charge is 0.212 e. The molecule has 102 valence electrons. The van der Waals surface area contributed by atoms with Crippen LogP contribution in [0.3, 0.4) is 0 Å². The highest BCUT2D eigenvalue weighted by molar-refractivity contribution is 5.68. The molecule has 0 aromatic carbocycles. The van der Waals surface area contributed by atoms with Gasteiger partial charge in [-0.1, -0.05) is 0 Å².